The van der Waals surface area contributed by atoms with Gasteiger partial charge in [-0.05, 0) is 18.2 Å². The van der Waals surface area contributed by atoms with Crippen molar-refractivity contribution in [1.82, 2.24) is 20.2 Å². The number of aromatic nitrogens is 4. The van der Waals surface area contributed by atoms with Gasteiger partial charge in [-0.25, -0.2) is 9.97 Å². The summed E-state index contributed by atoms with van der Waals surface area (Å²) in [6.07, 6.45) is 1.52. The quantitative estimate of drug-likeness (QED) is 0.549. The maximum atomic E-state index is 6.36. The van der Waals surface area contributed by atoms with Crippen LogP contribution in [0.1, 0.15) is 0 Å². The number of hydrogen-bond donors (Lipinski definition) is 2. The largest absolute Gasteiger partial charge is 0.323 e. The highest BCUT2D eigenvalue weighted by Crippen LogP contribution is 2.31. The molecule has 5 nitrogen and oxygen atoms in total. The first-order valence-electron chi connectivity index (χ1n) is 7.75. The zero-order valence-corrected chi connectivity index (χ0v) is 13.9. The molecule has 25 heavy (non-hydrogen) atoms. The molecular formula is C19H14ClN5. The van der Waals surface area contributed by atoms with Crippen LogP contribution in [-0.4, -0.2) is 20.2 Å². The number of anilines is 2. The van der Waals surface area contributed by atoms with Crippen molar-refractivity contribution in [2.75, 3.05) is 5.32 Å². The lowest BCUT2D eigenvalue weighted by molar-refractivity contribution is 1.09. The van der Waals surface area contributed by atoms with Gasteiger partial charge in [0.2, 0.25) is 5.95 Å². The number of hydrogen-bond acceptors (Lipinski definition) is 4. The van der Waals surface area contributed by atoms with E-state index in [1.54, 1.807) is 0 Å². The predicted octanol–water partition coefficient (Wildman–Crippen LogP) is 4.93. The first-order chi connectivity index (χ1) is 12.3. The molecule has 2 aromatic heterocycles. The van der Waals surface area contributed by atoms with Gasteiger partial charge in [-0.1, -0.05) is 60.1 Å². The van der Waals surface area contributed by atoms with Gasteiger partial charge in [0, 0.05) is 21.8 Å². The normalized spacial score (nSPS) is 10.6. The van der Waals surface area contributed by atoms with Crippen LogP contribution in [0.4, 0.5) is 11.6 Å². The molecule has 4 aromatic rings. The van der Waals surface area contributed by atoms with Gasteiger partial charge >= 0.3 is 0 Å². The summed E-state index contributed by atoms with van der Waals surface area (Å²) in [6.45, 7) is 0. The Morgan fingerprint density at radius 3 is 2.40 bits per heavy atom. The molecule has 2 N–H and O–H groups in total. The van der Waals surface area contributed by atoms with Gasteiger partial charge in [0.25, 0.3) is 0 Å². The van der Waals surface area contributed by atoms with Crippen molar-refractivity contribution in [3.8, 4) is 22.5 Å². The van der Waals surface area contributed by atoms with Crippen LogP contribution in [-0.2, 0) is 0 Å². The molecule has 0 spiro atoms. The van der Waals surface area contributed by atoms with E-state index in [9.17, 15) is 0 Å². The van der Waals surface area contributed by atoms with E-state index in [1.165, 1.54) is 6.33 Å². The first-order valence-corrected chi connectivity index (χ1v) is 8.12. The second-order valence-corrected chi connectivity index (χ2v) is 5.83. The molecule has 4 rings (SSSR count). The molecule has 6 heteroatoms. The van der Waals surface area contributed by atoms with Gasteiger partial charge < -0.3 is 5.32 Å². The molecule has 2 heterocycles. The number of nitrogens with zero attached hydrogens (tertiary/aromatic N) is 3. The van der Waals surface area contributed by atoms with E-state index in [-0.39, 0.29) is 0 Å². The summed E-state index contributed by atoms with van der Waals surface area (Å²) >= 11 is 6.36. The Bertz CT molecular complexity index is 984. The number of rotatable bonds is 4. The Balaban J connectivity index is 1.84. The van der Waals surface area contributed by atoms with Gasteiger partial charge in [0.15, 0.2) is 0 Å². The highest BCUT2D eigenvalue weighted by molar-refractivity contribution is 6.33. The van der Waals surface area contributed by atoms with Crippen LogP contribution in [0.5, 0.6) is 0 Å². The number of halogens is 1. The molecule has 0 saturated heterocycles. The lowest BCUT2D eigenvalue weighted by Gasteiger charge is -2.11. The smallest absolute Gasteiger partial charge is 0.246 e. The Hall–Kier alpha value is -3.18. The third-order valence-corrected chi connectivity index (χ3v) is 4.05. The lowest BCUT2D eigenvalue weighted by atomic mass is 10.1. The fourth-order valence-corrected chi connectivity index (χ4v) is 2.80. The molecule has 0 fully saturated rings. The predicted molar refractivity (Wildman–Crippen MR) is 99.8 cm³/mol. The van der Waals surface area contributed by atoms with Crippen molar-refractivity contribution < 1.29 is 0 Å². The van der Waals surface area contributed by atoms with Crippen molar-refractivity contribution >= 4 is 23.2 Å². The summed E-state index contributed by atoms with van der Waals surface area (Å²) in [5.41, 5.74) is 4.36. The van der Waals surface area contributed by atoms with Gasteiger partial charge in [-0.2, -0.15) is 0 Å². The number of aromatic amines is 1. The van der Waals surface area contributed by atoms with E-state index in [0.717, 1.165) is 28.2 Å². The summed E-state index contributed by atoms with van der Waals surface area (Å²) in [5.74, 6) is 0.496. The molecule has 0 atom stereocenters. The SMILES string of the molecule is Clc1ccccc1-c1cc(Nc2nc[nH]n2)cc(-c2ccccc2)n1. The number of nitrogens with one attached hydrogen (secondary N) is 2. The zero-order valence-electron chi connectivity index (χ0n) is 13.1. The molecular weight excluding hydrogens is 334 g/mol. The van der Waals surface area contributed by atoms with Gasteiger partial charge in [-0.15, -0.1) is 5.10 Å². The minimum atomic E-state index is 0.496. The highest BCUT2D eigenvalue weighted by Gasteiger charge is 2.10. The molecule has 0 aliphatic rings. The van der Waals surface area contributed by atoms with Crippen LogP contribution < -0.4 is 5.32 Å². The van der Waals surface area contributed by atoms with Crippen LogP contribution in [0.25, 0.3) is 22.5 Å². The number of H-pyrrole nitrogens is 1. The average Bonchev–Trinajstić information content (AvgIpc) is 3.15. The van der Waals surface area contributed by atoms with Gasteiger partial charge in [0.1, 0.15) is 6.33 Å². The van der Waals surface area contributed by atoms with Crippen molar-refractivity contribution in [2.45, 2.75) is 0 Å². The highest BCUT2D eigenvalue weighted by atomic mass is 35.5. The minimum Gasteiger partial charge on any atom is -0.323 e. The van der Waals surface area contributed by atoms with Crippen molar-refractivity contribution in [3.05, 3.63) is 78.1 Å². The Kier molecular flexibility index (Phi) is 4.14. The van der Waals surface area contributed by atoms with Crippen molar-refractivity contribution in [1.29, 1.82) is 0 Å². The maximum Gasteiger partial charge on any atom is 0.246 e. The third kappa shape index (κ3) is 3.36. The summed E-state index contributed by atoms with van der Waals surface area (Å²) in [5, 5.41) is 10.6. The van der Waals surface area contributed by atoms with Crippen LogP contribution in [0.15, 0.2) is 73.1 Å². The topological polar surface area (TPSA) is 66.5 Å². The molecule has 0 saturated carbocycles. The molecule has 0 radical (unpaired) electrons. The molecule has 0 amide bonds. The summed E-state index contributed by atoms with van der Waals surface area (Å²) < 4.78 is 0. The lowest BCUT2D eigenvalue weighted by Crippen LogP contribution is -1.96. The number of pyridine rings is 1. The third-order valence-electron chi connectivity index (χ3n) is 3.72. The van der Waals surface area contributed by atoms with Crippen LogP contribution >= 0.6 is 11.6 Å². The molecule has 0 unspecified atom stereocenters. The summed E-state index contributed by atoms with van der Waals surface area (Å²) in [7, 11) is 0. The van der Waals surface area contributed by atoms with E-state index in [1.807, 2.05) is 66.7 Å². The van der Waals surface area contributed by atoms with Crippen LogP contribution in [0, 0.1) is 0 Å². The molecule has 0 aliphatic heterocycles. The van der Waals surface area contributed by atoms with E-state index < -0.39 is 0 Å². The summed E-state index contributed by atoms with van der Waals surface area (Å²) in [6, 6.07) is 21.6. The first kappa shape index (κ1) is 15.4. The maximum absolute atomic E-state index is 6.36. The zero-order chi connectivity index (χ0) is 17.1. The number of benzene rings is 2. The van der Waals surface area contributed by atoms with E-state index in [2.05, 4.69) is 20.5 Å². The Morgan fingerprint density at radius 2 is 1.64 bits per heavy atom. The van der Waals surface area contributed by atoms with Crippen LogP contribution in [0.3, 0.4) is 0 Å². The Morgan fingerprint density at radius 1 is 0.880 bits per heavy atom. The second-order valence-electron chi connectivity index (χ2n) is 5.42. The molecule has 0 aliphatic carbocycles. The average molecular weight is 348 g/mol. The van der Waals surface area contributed by atoms with Crippen molar-refractivity contribution in [2.24, 2.45) is 0 Å². The Labute approximate surface area is 149 Å². The van der Waals surface area contributed by atoms with Crippen molar-refractivity contribution in [3.63, 3.8) is 0 Å². The van der Waals surface area contributed by atoms with E-state index >= 15 is 0 Å². The monoisotopic (exact) mass is 347 g/mol. The standard InChI is InChI=1S/C19H14ClN5/c20-16-9-5-4-8-15(16)18-11-14(23-19-21-12-22-25-19)10-17(24-18)13-6-2-1-3-7-13/h1-12H,(H2,21,22,23,24,25). The second kappa shape index (κ2) is 6.75. The molecule has 2 aromatic carbocycles. The van der Waals surface area contributed by atoms with Gasteiger partial charge in [-0.3, -0.25) is 5.10 Å². The fourth-order valence-electron chi connectivity index (χ4n) is 2.56. The molecule has 0 bridgehead atoms. The fraction of sp³-hybridized carbons (Fsp3) is 0. The minimum absolute atomic E-state index is 0.496. The van der Waals surface area contributed by atoms with Gasteiger partial charge in [0.05, 0.1) is 11.4 Å². The summed E-state index contributed by atoms with van der Waals surface area (Å²) in [4.78, 5) is 8.90. The van der Waals surface area contributed by atoms with Crippen LogP contribution in [0.2, 0.25) is 5.02 Å². The molecule has 122 valence electrons. The van der Waals surface area contributed by atoms with E-state index in [4.69, 9.17) is 16.6 Å². The van der Waals surface area contributed by atoms with E-state index in [0.29, 0.717) is 11.0 Å².